The number of halogens is 1. The maximum absolute atomic E-state index is 12.4. The van der Waals surface area contributed by atoms with Gasteiger partial charge in [-0.3, -0.25) is 14.5 Å². The molecule has 0 spiro atoms. The summed E-state index contributed by atoms with van der Waals surface area (Å²) >= 11 is 12.5. The van der Waals surface area contributed by atoms with Crippen molar-refractivity contribution in [3.63, 3.8) is 0 Å². The van der Waals surface area contributed by atoms with E-state index in [0.717, 1.165) is 22.2 Å². The van der Waals surface area contributed by atoms with Crippen molar-refractivity contribution in [3.8, 4) is 11.5 Å². The Morgan fingerprint density at radius 1 is 1.26 bits per heavy atom. The van der Waals surface area contributed by atoms with Gasteiger partial charge in [0.15, 0.2) is 0 Å². The molecule has 2 amide bonds. The zero-order chi connectivity index (χ0) is 24.4. The Kier molecular flexibility index (Phi) is 7.11. The second kappa shape index (κ2) is 10.0. The number of ether oxygens (including phenoxy) is 2. The van der Waals surface area contributed by atoms with E-state index in [1.807, 2.05) is 24.3 Å². The van der Waals surface area contributed by atoms with Gasteiger partial charge in [0.1, 0.15) is 29.0 Å². The zero-order valence-electron chi connectivity index (χ0n) is 17.9. The molecule has 2 aliphatic heterocycles. The number of carbonyl (C=O) groups is 3. The first-order chi connectivity index (χ1) is 16.2. The maximum atomic E-state index is 12.4. The Morgan fingerprint density at radius 2 is 1.97 bits per heavy atom. The van der Waals surface area contributed by atoms with Crippen molar-refractivity contribution in [3.05, 3.63) is 63.5 Å². The molecule has 2 saturated heterocycles. The summed E-state index contributed by atoms with van der Waals surface area (Å²) in [5.74, 6) is -0.467. The molecule has 1 atom stereocenters. The first kappa shape index (κ1) is 24.1. The molecule has 34 heavy (non-hydrogen) atoms. The third-order valence-corrected chi connectivity index (χ3v) is 7.00. The summed E-state index contributed by atoms with van der Waals surface area (Å²) < 4.78 is 11.1. The van der Waals surface area contributed by atoms with Crippen LogP contribution in [0.1, 0.15) is 11.1 Å². The average molecular weight is 519 g/mol. The second-order valence-electron chi connectivity index (χ2n) is 7.64. The summed E-state index contributed by atoms with van der Waals surface area (Å²) in [6.45, 7) is -0.105. The molecule has 2 aromatic carbocycles. The fourth-order valence-corrected chi connectivity index (χ4v) is 4.90. The van der Waals surface area contributed by atoms with Gasteiger partial charge in [0, 0.05) is 7.05 Å². The van der Waals surface area contributed by atoms with Crippen molar-refractivity contribution in [1.29, 1.82) is 0 Å². The monoisotopic (exact) mass is 518 g/mol. The average Bonchev–Trinajstić information content (AvgIpc) is 3.24. The minimum atomic E-state index is -1.14. The van der Waals surface area contributed by atoms with Gasteiger partial charge in [0.05, 0.1) is 16.0 Å². The van der Waals surface area contributed by atoms with Gasteiger partial charge in [-0.1, -0.05) is 47.7 Å². The number of nitrogens with zero attached hydrogens (tertiary/aromatic N) is 2. The smallest absolute Gasteiger partial charge is 0.409 e. The highest BCUT2D eigenvalue weighted by Crippen LogP contribution is 2.35. The lowest BCUT2D eigenvalue weighted by Crippen LogP contribution is -2.33. The summed E-state index contributed by atoms with van der Waals surface area (Å²) in [6.07, 6.45) is 1.95. The van der Waals surface area contributed by atoms with E-state index in [9.17, 15) is 14.4 Å². The Balaban J connectivity index is 1.41. The topological polar surface area (TPSA) is 96.4 Å². The Hall–Kier alpha value is -3.08. The van der Waals surface area contributed by atoms with Crippen molar-refractivity contribution in [2.75, 3.05) is 20.2 Å². The summed E-state index contributed by atoms with van der Waals surface area (Å²) in [5.41, 5.74) is 1.63. The van der Waals surface area contributed by atoms with Crippen molar-refractivity contribution in [1.82, 2.24) is 9.80 Å². The van der Waals surface area contributed by atoms with E-state index >= 15 is 0 Å². The van der Waals surface area contributed by atoms with Gasteiger partial charge in [-0.15, -0.1) is 0 Å². The SMILES string of the molecule is CN1C(=O)OCC1Cc1ccc(Oc2ccc(C=C3SC(=S)N(CC(=O)O)C3=O)c(Cl)c2)cc1. The summed E-state index contributed by atoms with van der Waals surface area (Å²) in [6, 6.07) is 12.6. The summed E-state index contributed by atoms with van der Waals surface area (Å²) in [4.78, 5) is 37.8. The zero-order valence-corrected chi connectivity index (χ0v) is 20.3. The third kappa shape index (κ3) is 5.35. The van der Waals surface area contributed by atoms with Gasteiger partial charge < -0.3 is 19.5 Å². The molecule has 2 aliphatic rings. The van der Waals surface area contributed by atoms with Crippen LogP contribution in [0.2, 0.25) is 5.02 Å². The largest absolute Gasteiger partial charge is 0.480 e. The molecule has 1 N–H and O–H groups in total. The van der Waals surface area contributed by atoms with Crippen LogP contribution in [-0.4, -0.2) is 63.4 Å². The fourth-order valence-electron chi connectivity index (χ4n) is 3.43. The van der Waals surface area contributed by atoms with Crippen LogP contribution in [0.5, 0.6) is 11.5 Å². The molecule has 1 unspecified atom stereocenters. The Bertz CT molecular complexity index is 1200. The van der Waals surface area contributed by atoms with E-state index in [4.69, 9.17) is 38.4 Å². The quantitative estimate of drug-likeness (QED) is 0.425. The van der Waals surface area contributed by atoms with Gasteiger partial charge in [-0.05, 0) is 54.0 Å². The van der Waals surface area contributed by atoms with Crippen LogP contribution >= 0.6 is 35.6 Å². The number of hydrogen-bond acceptors (Lipinski definition) is 7. The number of thioether (sulfide) groups is 1. The minimum Gasteiger partial charge on any atom is -0.480 e. The van der Waals surface area contributed by atoms with E-state index in [1.165, 1.54) is 0 Å². The molecule has 0 aliphatic carbocycles. The van der Waals surface area contributed by atoms with Gasteiger partial charge >= 0.3 is 12.1 Å². The van der Waals surface area contributed by atoms with Gasteiger partial charge in [0.2, 0.25) is 0 Å². The predicted octanol–water partition coefficient (Wildman–Crippen LogP) is 4.41. The molecule has 0 radical (unpaired) electrons. The number of likely N-dealkylation sites (N-methyl/N-ethyl adjacent to an activating group) is 1. The van der Waals surface area contributed by atoms with Crippen molar-refractivity contribution >= 4 is 63.9 Å². The van der Waals surface area contributed by atoms with Gasteiger partial charge in [-0.25, -0.2) is 4.79 Å². The lowest BCUT2D eigenvalue weighted by Gasteiger charge is -2.16. The van der Waals surface area contributed by atoms with Crippen molar-refractivity contribution in [2.24, 2.45) is 0 Å². The van der Waals surface area contributed by atoms with Crippen LogP contribution < -0.4 is 4.74 Å². The lowest BCUT2D eigenvalue weighted by molar-refractivity contribution is -0.140. The standard InChI is InChI=1S/C23H19ClN2O6S2/c1-25-15(12-31-22(25)30)8-13-2-5-16(6-3-13)32-17-7-4-14(18(24)10-17)9-19-21(29)26(11-20(27)28)23(33)34-19/h2-7,9-10,15H,8,11-12H2,1H3,(H,27,28). The second-order valence-corrected chi connectivity index (χ2v) is 9.72. The van der Waals surface area contributed by atoms with Crippen LogP contribution in [0.25, 0.3) is 6.08 Å². The number of carboxylic acid groups (broad SMARTS) is 1. The highest BCUT2D eigenvalue weighted by molar-refractivity contribution is 8.26. The number of benzene rings is 2. The molecule has 4 rings (SSSR count). The summed E-state index contributed by atoms with van der Waals surface area (Å²) in [5, 5.41) is 9.31. The Morgan fingerprint density at radius 3 is 2.59 bits per heavy atom. The molecule has 0 saturated carbocycles. The molecule has 2 fully saturated rings. The van der Waals surface area contributed by atoms with Crippen LogP contribution in [0.15, 0.2) is 47.4 Å². The van der Waals surface area contributed by atoms with Crippen LogP contribution in [0, 0.1) is 0 Å². The van der Waals surface area contributed by atoms with Crippen molar-refractivity contribution in [2.45, 2.75) is 12.5 Å². The van der Waals surface area contributed by atoms with E-state index in [-0.39, 0.29) is 16.5 Å². The molecule has 2 aromatic rings. The number of carboxylic acids is 1. The molecule has 2 heterocycles. The normalized spacial score (nSPS) is 19.2. The Labute approximate surface area is 210 Å². The lowest BCUT2D eigenvalue weighted by atomic mass is 10.1. The van der Waals surface area contributed by atoms with Crippen molar-refractivity contribution < 1.29 is 29.0 Å². The molecule has 176 valence electrons. The minimum absolute atomic E-state index is 0.00946. The highest BCUT2D eigenvalue weighted by Gasteiger charge is 2.33. The molecule has 8 nitrogen and oxygen atoms in total. The van der Waals surface area contributed by atoms with Gasteiger partial charge in [-0.2, -0.15) is 0 Å². The number of hydrogen-bond donors (Lipinski definition) is 1. The third-order valence-electron chi connectivity index (χ3n) is 5.29. The summed E-state index contributed by atoms with van der Waals surface area (Å²) in [7, 11) is 1.72. The number of thiocarbonyl (C=S) groups is 1. The number of carbonyl (C=O) groups excluding carboxylic acids is 2. The highest BCUT2D eigenvalue weighted by atomic mass is 35.5. The number of amides is 2. The van der Waals surface area contributed by atoms with E-state index in [2.05, 4.69) is 0 Å². The first-order valence-corrected chi connectivity index (χ1v) is 11.7. The maximum Gasteiger partial charge on any atom is 0.409 e. The number of cyclic esters (lactones) is 1. The predicted molar refractivity (Wildman–Crippen MR) is 132 cm³/mol. The van der Waals surface area contributed by atoms with E-state index in [1.54, 1.807) is 36.2 Å². The molecular weight excluding hydrogens is 500 g/mol. The molecule has 11 heteroatoms. The van der Waals surface area contributed by atoms with Crippen LogP contribution in [-0.2, 0) is 20.7 Å². The van der Waals surface area contributed by atoms with Crippen LogP contribution in [0.4, 0.5) is 4.79 Å². The molecular formula is C23H19ClN2O6S2. The number of aliphatic carboxylic acids is 1. The molecule has 0 aromatic heterocycles. The first-order valence-electron chi connectivity index (χ1n) is 10.1. The van der Waals surface area contributed by atoms with E-state index < -0.39 is 18.4 Å². The molecule has 0 bridgehead atoms. The van der Waals surface area contributed by atoms with Crippen LogP contribution in [0.3, 0.4) is 0 Å². The number of rotatable bonds is 7. The van der Waals surface area contributed by atoms with Gasteiger partial charge in [0.25, 0.3) is 5.91 Å². The fraction of sp³-hybridized carbons (Fsp3) is 0.217. The van der Waals surface area contributed by atoms with E-state index in [0.29, 0.717) is 40.0 Å².